The van der Waals surface area contributed by atoms with Gasteiger partial charge in [-0.3, -0.25) is 0 Å². The Morgan fingerprint density at radius 1 is 1.24 bits per heavy atom. The summed E-state index contributed by atoms with van der Waals surface area (Å²) in [6.45, 7) is 0. The van der Waals surface area contributed by atoms with Crippen LogP contribution in [-0.2, 0) is 4.57 Å². The van der Waals surface area contributed by atoms with Gasteiger partial charge in [-0.15, -0.1) is 4.76 Å². The Morgan fingerprint density at radius 2 is 1.82 bits per heavy atom. The first-order valence-electron chi connectivity index (χ1n) is 4.44. The molecule has 1 aromatic rings. The zero-order valence-electron chi connectivity index (χ0n) is 8.69. The summed E-state index contributed by atoms with van der Waals surface area (Å²) in [5, 5.41) is 2.67. The SMILES string of the molecule is NC(=N\P(=O)(O)O)/N=C(\N)Nc1ccccc1. The molecule has 0 unspecified atom stereocenters. The van der Waals surface area contributed by atoms with E-state index in [0.717, 1.165) is 0 Å². The van der Waals surface area contributed by atoms with Crippen LogP contribution in [0.1, 0.15) is 0 Å². The van der Waals surface area contributed by atoms with Crippen molar-refractivity contribution in [1.82, 2.24) is 0 Å². The van der Waals surface area contributed by atoms with Crippen LogP contribution >= 0.6 is 7.75 Å². The normalized spacial score (nSPS) is 13.5. The molecule has 0 aliphatic carbocycles. The van der Waals surface area contributed by atoms with Gasteiger partial charge in [0.05, 0.1) is 0 Å². The lowest BCUT2D eigenvalue weighted by molar-refractivity contribution is 0.375. The average Bonchev–Trinajstić information content (AvgIpc) is 2.15. The summed E-state index contributed by atoms with van der Waals surface area (Å²) in [6.07, 6.45) is 0. The van der Waals surface area contributed by atoms with Crippen molar-refractivity contribution < 1.29 is 14.4 Å². The van der Waals surface area contributed by atoms with Crippen LogP contribution in [0.25, 0.3) is 0 Å². The number of benzene rings is 1. The molecule has 0 fully saturated rings. The van der Waals surface area contributed by atoms with Crippen LogP contribution in [-0.4, -0.2) is 21.7 Å². The second-order valence-corrected chi connectivity index (χ2v) is 4.19. The predicted molar refractivity (Wildman–Crippen MR) is 65.4 cm³/mol. The molecule has 0 heterocycles. The van der Waals surface area contributed by atoms with Crippen molar-refractivity contribution in [3.05, 3.63) is 30.3 Å². The first kappa shape index (κ1) is 13.2. The average molecular weight is 257 g/mol. The fourth-order valence-corrected chi connectivity index (χ4v) is 1.29. The maximum absolute atomic E-state index is 10.5. The number of rotatable bonds is 2. The highest BCUT2D eigenvalue weighted by Gasteiger charge is 2.10. The van der Waals surface area contributed by atoms with Crippen LogP contribution in [0.4, 0.5) is 5.69 Å². The molecule has 92 valence electrons. The fraction of sp³-hybridized carbons (Fsp3) is 0. The van der Waals surface area contributed by atoms with Crippen LogP contribution in [0, 0.1) is 0 Å². The van der Waals surface area contributed by atoms with Crippen LogP contribution < -0.4 is 16.8 Å². The second kappa shape index (κ2) is 5.44. The summed E-state index contributed by atoms with van der Waals surface area (Å²) in [7, 11) is -4.59. The molecule has 0 atom stereocenters. The Bertz CT molecular complexity index is 481. The quantitative estimate of drug-likeness (QED) is 0.282. The van der Waals surface area contributed by atoms with Gasteiger partial charge in [-0.05, 0) is 12.1 Å². The molecule has 9 heteroatoms. The maximum atomic E-state index is 10.5. The van der Waals surface area contributed by atoms with E-state index in [4.69, 9.17) is 21.3 Å². The largest absolute Gasteiger partial charge is 0.451 e. The molecule has 8 nitrogen and oxygen atoms in total. The highest BCUT2D eigenvalue weighted by atomic mass is 31.2. The van der Waals surface area contributed by atoms with Gasteiger partial charge in [-0.1, -0.05) is 18.2 Å². The number of nitrogens with two attached hydrogens (primary N) is 2. The molecular formula is C8H12N5O3P. The minimum Gasteiger partial charge on any atom is -0.369 e. The number of para-hydroxylation sites is 1. The lowest BCUT2D eigenvalue weighted by Crippen LogP contribution is -2.26. The van der Waals surface area contributed by atoms with E-state index in [-0.39, 0.29) is 5.96 Å². The Kier molecular flexibility index (Phi) is 4.22. The Balaban J connectivity index is 2.74. The standard InChI is InChI=1S/C8H12N5O3P/c9-7(11-6-4-2-1-3-5-6)12-8(10)13-17(14,15)16/h1-5H,(H7,9,10,11,12,13,14,15,16). The van der Waals surface area contributed by atoms with Crippen molar-refractivity contribution in [2.75, 3.05) is 5.32 Å². The van der Waals surface area contributed by atoms with Crippen LogP contribution in [0.2, 0.25) is 0 Å². The van der Waals surface area contributed by atoms with Crippen LogP contribution in [0.3, 0.4) is 0 Å². The van der Waals surface area contributed by atoms with Gasteiger partial charge in [-0.2, -0.15) is 4.99 Å². The first-order valence-corrected chi connectivity index (χ1v) is 6.01. The smallest absolute Gasteiger partial charge is 0.369 e. The monoisotopic (exact) mass is 257 g/mol. The number of nitrogens with one attached hydrogen (secondary N) is 1. The molecule has 7 N–H and O–H groups in total. The van der Waals surface area contributed by atoms with Gasteiger partial charge in [0.2, 0.25) is 11.9 Å². The lowest BCUT2D eigenvalue weighted by Gasteiger charge is -2.04. The number of hydrogen-bond acceptors (Lipinski definition) is 1. The molecule has 0 aromatic heterocycles. The summed E-state index contributed by atoms with van der Waals surface area (Å²) in [4.78, 5) is 20.5. The summed E-state index contributed by atoms with van der Waals surface area (Å²) in [6, 6.07) is 8.85. The molecule has 0 spiro atoms. The van der Waals surface area contributed by atoms with E-state index in [1.807, 2.05) is 6.07 Å². The minimum atomic E-state index is -4.59. The third-order valence-electron chi connectivity index (χ3n) is 1.51. The molecule has 0 saturated heterocycles. The first-order chi connectivity index (χ1) is 7.87. The molecule has 1 rings (SSSR count). The Labute approximate surface area is 97.3 Å². The van der Waals surface area contributed by atoms with E-state index in [2.05, 4.69) is 15.1 Å². The molecule has 0 amide bonds. The van der Waals surface area contributed by atoms with Gasteiger partial charge in [0.25, 0.3) is 0 Å². The van der Waals surface area contributed by atoms with Crippen molar-refractivity contribution in [1.29, 1.82) is 0 Å². The number of hydrogen-bond donors (Lipinski definition) is 5. The Hall–Kier alpha value is -1.89. The number of aliphatic imine (C=N–C) groups is 1. The third-order valence-corrected chi connectivity index (χ3v) is 1.98. The zero-order valence-corrected chi connectivity index (χ0v) is 9.58. The zero-order chi connectivity index (χ0) is 12.9. The van der Waals surface area contributed by atoms with E-state index >= 15 is 0 Å². The van der Waals surface area contributed by atoms with Gasteiger partial charge in [0.1, 0.15) is 0 Å². The molecular weight excluding hydrogens is 245 g/mol. The van der Waals surface area contributed by atoms with E-state index in [9.17, 15) is 4.57 Å². The van der Waals surface area contributed by atoms with Crippen molar-refractivity contribution in [3.63, 3.8) is 0 Å². The summed E-state index contributed by atoms with van der Waals surface area (Å²) >= 11 is 0. The maximum Gasteiger partial charge on any atom is 0.451 e. The van der Waals surface area contributed by atoms with Gasteiger partial charge >= 0.3 is 7.75 Å². The molecule has 0 saturated carbocycles. The van der Waals surface area contributed by atoms with Gasteiger partial charge in [0, 0.05) is 5.69 Å². The Morgan fingerprint density at radius 3 is 2.35 bits per heavy atom. The van der Waals surface area contributed by atoms with Gasteiger partial charge in [0.15, 0.2) is 0 Å². The molecule has 0 bridgehead atoms. The molecule has 0 radical (unpaired) electrons. The lowest BCUT2D eigenvalue weighted by atomic mass is 10.3. The molecule has 17 heavy (non-hydrogen) atoms. The predicted octanol–water partition coefficient (Wildman–Crippen LogP) is -0.179. The van der Waals surface area contributed by atoms with Crippen LogP contribution in [0.15, 0.2) is 40.1 Å². The second-order valence-electron chi connectivity index (χ2n) is 2.96. The number of guanidine groups is 2. The van der Waals surface area contributed by atoms with E-state index < -0.39 is 13.7 Å². The van der Waals surface area contributed by atoms with Crippen molar-refractivity contribution in [2.45, 2.75) is 0 Å². The van der Waals surface area contributed by atoms with E-state index in [1.165, 1.54) is 0 Å². The summed E-state index contributed by atoms with van der Waals surface area (Å²) in [5.41, 5.74) is 11.3. The molecule has 1 aromatic carbocycles. The van der Waals surface area contributed by atoms with Gasteiger partial charge < -0.3 is 26.6 Å². The summed E-state index contributed by atoms with van der Waals surface area (Å²) in [5.74, 6) is -0.717. The van der Waals surface area contributed by atoms with Crippen molar-refractivity contribution in [2.24, 2.45) is 21.2 Å². The third kappa shape index (κ3) is 5.67. The molecule has 0 aliphatic heterocycles. The number of anilines is 1. The van der Waals surface area contributed by atoms with Crippen molar-refractivity contribution in [3.8, 4) is 0 Å². The van der Waals surface area contributed by atoms with Crippen molar-refractivity contribution >= 4 is 25.4 Å². The minimum absolute atomic E-state index is 0.120. The topological polar surface area (TPSA) is 146 Å². The van der Waals surface area contributed by atoms with E-state index in [1.54, 1.807) is 24.3 Å². The van der Waals surface area contributed by atoms with Gasteiger partial charge in [-0.25, -0.2) is 4.57 Å². The highest BCUT2D eigenvalue weighted by Crippen LogP contribution is 2.35. The fourth-order valence-electron chi connectivity index (χ4n) is 0.977. The number of nitrogens with zero attached hydrogens (tertiary/aromatic N) is 2. The summed E-state index contributed by atoms with van der Waals surface area (Å²) < 4.78 is 13.3. The highest BCUT2D eigenvalue weighted by molar-refractivity contribution is 7.50. The molecule has 0 aliphatic rings. The van der Waals surface area contributed by atoms with E-state index in [0.29, 0.717) is 5.69 Å². The van der Waals surface area contributed by atoms with Crippen LogP contribution in [0.5, 0.6) is 0 Å².